The van der Waals surface area contributed by atoms with Crippen molar-refractivity contribution in [2.45, 2.75) is 34.1 Å². The molecule has 0 aromatic carbocycles. The quantitative estimate of drug-likeness (QED) is 0.543. The van der Waals surface area contributed by atoms with Gasteiger partial charge in [-0.25, -0.2) is 0 Å². The van der Waals surface area contributed by atoms with Gasteiger partial charge in [-0.3, -0.25) is 4.90 Å². The van der Waals surface area contributed by atoms with Crippen molar-refractivity contribution in [2.75, 3.05) is 52.6 Å². The Bertz CT molecular complexity index is 175. The van der Waals surface area contributed by atoms with Crippen molar-refractivity contribution in [1.82, 2.24) is 4.90 Å². The van der Waals surface area contributed by atoms with E-state index in [2.05, 4.69) is 18.7 Å². The van der Waals surface area contributed by atoms with E-state index in [1.54, 1.807) is 0 Å². The van der Waals surface area contributed by atoms with Gasteiger partial charge in [0.15, 0.2) is 0 Å². The number of hydrogen-bond donors (Lipinski definition) is 1. The average Bonchev–Trinajstić information content (AvgIpc) is 2.39. The minimum Gasteiger partial charge on any atom is -0.380 e. The van der Waals surface area contributed by atoms with Gasteiger partial charge in [-0.05, 0) is 32.2 Å². The Labute approximate surface area is 113 Å². The molecule has 0 amide bonds. The zero-order valence-electron chi connectivity index (χ0n) is 12.7. The fourth-order valence-electron chi connectivity index (χ4n) is 1.81. The molecule has 4 nitrogen and oxygen atoms in total. The molecule has 0 aliphatic carbocycles. The molecule has 1 atom stereocenters. The third-order valence-corrected chi connectivity index (χ3v) is 3.46. The van der Waals surface area contributed by atoms with Crippen molar-refractivity contribution >= 4 is 0 Å². The topological polar surface area (TPSA) is 47.7 Å². The van der Waals surface area contributed by atoms with Gasteiger partial charge in [0, 0.05) is 32.8 Å². The molecule has 0 aliphatic heterocycles. The molecule has 2 N–H and O–H groups in total. The van der Waals surface area contributed by atoms with Crippen molar-refractivity contribution in [3.63, 3.8) is 0 Å². The van der Waals surface area contributed by atoms with Crippen LogP contribution in [0.15, 0.2) is 0 Å². The van der Waals surface area contributed by atoms with Crippen LogP contribution in [0.4, 0.5) is 0 Å². The van der Waals surface area contributed by atoms with Crippen LogP contribution in [0.3, 0.4) is 0 Å². The highest BCUT2D eigenvalue weighted by atomic mass is 16.5. The van der Waals surface area contributed by atoms with E-state index in [0.29, 0.717) is 0 Å². The highest BCUT2D eigenvalue weighted by Gasteiger charge is 2.23. The van der Waals surface area contributed by atoms with E-state index in [0.717, 1.165) is 59.0 Å². The maximum absolute atomic E-state index is 5.89. The Morgan fingerprint density at radius 3 is 1.83 bits per heavy atom. The fraction of sp³-hybridized carbons (Fsp3) is 1.00. The van der Waals surface area contributed by atoms with Crippen molar-refractivity contribution in [1.29, 1.82) is 0 Å². The van der Waals surface area contributed by atoms with Crippen LogP contribution >= 0.6 is 0 Å². The summed E-state index contributed by atoms with van der Waals surface area (Å²) >= 11 is 0. The first-order chi connectivity index (χ1) is 8.61. The lowest BCUT2D eigenvalue weighted by molar-refractivity contribution is 0.0625. The third kappa shape index (κ3) is 8.03. The molecular formula is C14H32N2O2. The number of nitrogens with zero attached hydrogens (tertiary/aromatic N) is 1. The molecule has 0 aromatic rings. The van der Waals surface area contributed by atoms with Gasteiger partial charge >= 0.3 is 0 Å². The summed E-state index contributed by atoms with van der Waals surface area (Å²) in [6.07, 6.45) is 1.10. The molecule has 0 saturated carbocycles. The van der Waals surface area contributed by atoms with Gasteiger partial charge < -0.3 is 15.2 Å². The van der Waals surface area contributed by atoms with Crippen LogP contribution in [0.25, 0.3) is 0 Å². The summed E-state index contributed by atoms with van der Waals surface area (Å²) in [5.41, 5.74) is 6.08. The van der Waals surface area contributed by atoms with Gasteiger partial charge in [0.1, 0.15) is 0 Å². The Morgan fingerprint density at radius 2 is 1.50 bits per heavy atom. The standard InChI is InChI=1S/C14H32N2O2/c1-5-14(4,12-15)13-16(8-10-17-6-2)9-11-18-7-3/h5-13,15H2,1-4H3. The van der Waals surface area contributed by atoms with Gasteiger partial charge in [0.2, 0.25) is 0 Å². The van der Waals surface area contributed by atoms with E-state index in [1.807, 2.05) is 13.8 Å². The van der Waals surface area contributed by atoms with Gasteiger partial charge in [-0.2, -0.15) is 0 Å². The smallest absolute Gasteiger partial charge is 0.0593 e. The van der Waals surface area contributed by atoms with Crippen LogP contribution in [0, 0.1) is 5.41 Å². The first-order valence-corrected chi connectivity index (χ1v) is 7.19. The minimum absolute atomic E-state index is 0.193. The molecule has 0 aromatic heterocycles. The van der Waals surface area contributed by atoms with Crippen molar-refractivity contribution in [2.24, 2.45) is 11.1 Å². The van der Waals surface area contributed by atoms with Crippen molar-refractivity contribution < 1.29 is 9.47 Å². The second-order valence-corrected chi connectivity index (χ2v) is 5.04. The van der Waals surface area contributed by atoms with E-state index < -0.39 is 0 Å². The highest BCUT2D eigenvalue weighted by molar-refractivity contribution is 4.78. The number of nitrogens with two attached hydrogens (primary N) is 1. The highest BCUT2D eigenvalue weighted by Crippen LogP contribution is 2.20. The molecule has 0 aliphatic rings. The summed E-state index contributed by atoms with van der Waals surface area (Å²) in [5, 5.41) is 0. The molecule has 0 saturated heterocycles. The third-order valence-electron chi connectivity index (χ3n) is 3.46. The Balaban J connectivity index is 4.16. The summed E-state index contributed by atoms with van der Waals surface area (Å²) in [7, 11) is 0. The molecule has 0 rings (SSSR count). The lowest BCUT2D eigenvalue weighted by atomic mass is 9.87. The minimum atomic E-state index is 0.193. The van der Waals surface area contributed by atoms with Crippen LogP contribution in [0.2, 0.25) is 0 Å². The SMILES string of the molecule is CCOCCN(CCOCC)CC(C)(CC)CN. The van der Waals surface area contributed by atoms with E-state index in [4.69, 9.17) is 15.2 Å². The summed E-state index contributed by atoms with van der Waals surface area (Å²) in [5.74, 6) is 0. The van der Waals surface area contributed by atoms with E-state index in [1.165, 1.54) is 0 Å². The largest absolute Gasteiger partial charge is 0.380 e. The molecule has 0 radical (unpaired) electrons. The Kier molecular flexibility index (Phi) is 10.6. The zero-order chi connectivity index (χ0) is 13.9. The number of hydrogen-bond acceptors (Lipinski definition) is 4. The lowest BCUT2D eigenvalue weighted by Gasteiger charge is -2.34. The van der Waals surface area contributed by atoms with Gasteiger partial charge in [0.05, 0.1) is 13.2 Å². The van der Waals surface area contributed by atoms with E-state index in [9.17, 15) is 0 Å². The average molecular weight is 260 g/mol. The second kappa shape index (κ2) is 10.7. The van der Waals surface area contributed by atoms with Crippen LogP contribution in [0.1, 0.15) is 34.1 Å². The monoisotopic (exact) mass is 260 g/mol. The number of ether oxygens (including phenoxy) is 2. The normalized spacial score (nSPS) is 15.0. The van der Waals surface area contributed by atoms with Crippen LogP contribution in [0.5, 0.6) is 0 Å². The molecule has 0 spiro atoms. The molecular weight excluding hydrogens is 228 g/mol. The van der Waals surface area contributed by atoms with Gasteiger partial charge in [-0.1, -0.05) is 13.8 Å². The molecule has 4 heteroatoms. The summed E-state index contributed by atoms with van der Waals surface area (Å²) in [6.45, 7) is 15.3. The van der Waals surface area contributed by atoms with E-state index in [-0.39, 0.29) is 5.41 Å². The molecule has 0 fully saturated rings. The van der Waals surface area contributed by atoms with Gasteiger partial charge in [0.25, 0.3) is 0 Å². The van der Waals surface area contributed by atoms with Crippen molar-refractivity contribution in [3.8, 4) is 0 Å². The molecule has 1 unspecified atom stereocenters. The predicted molar refractivity (Wildman–Crippen MR) is 76.9 cm³/mol. The molecule has 0 heterocycles. The summed E-state index contributed by atoms with van der Waals surface area (Å²) < 4.78 is 10.9. The second-order valence-electron chi connectivity index (χ2n) is 5.04. The fourth-order valence-corrected chi connectivity index (χ4v) is 1.81. The van der Waals surface area contributed by atoms with Crippen LogP contribution in [-0.2, 0) is 9.47 Å². The molecule has 110 valence electrons. The number of rotatable bonds is 12. The zero-order valence-corrected chi connectivity index (χ0v) is 12.7. The first kappa shape index (κ1) is 17.8. The van der Waals surface area contributed by atoms with Crippen molar-refractivity contribution in [3.05, 3.63) is 0 Å². The van der Waals surface area contributed by atoms with E-state index >= 15 is 0 Å². The van der Waals surface area contributed by atoms with Crippen LogP contribution in [-0.4, -0.2) is 57.5 Å². The van der Waals surface area contributed by atoms with Gasteiger partial charge in [-0.15, -0.1) is 0 Å². The Morgan fingerprint density at radius 1 is 1.00 bits per heavy atom. The first-order valence-electron chi connectivity index (χ1n) is 7.19. The van der Waals surface area contributed by atoms with Crippen LogP contribution < -0.4 is 5.73 Å². The predicted octanol–water partition coefficient (Wildman–Crippen LogP) is 1.74. The molecule has 18 heavy (non-hydrogen) atoms. The molecule has 0 bridgehead atoms. The summed E-state index contributed by atoms with van der Waals surface area (Å²) in [4.78, 5) is 2.40. The summed E-state index contributed by atoms with van der Waals surface area (Å²) in [6, 6.07) is 0. The maximum atomic E-state index is 5.89. The Hall–Kier alpha value is -0.160. The lowest BCUT2D eigenvalue weighted by Crippen LogP contribution is -2.43. The maximum Gasteiger partial charge on any atom is 0.0593 e.